The Morgan fingerprint density at radius 3 is 2.44 bits per heavy atom. The molecule has 0 saturated carbocycles. The van der Waals surface area contributed by atoms with Gasteiger partial charge in [0.05, 0.1) is 0 Å². The van der Waals surface area contributed by atoms with E-state index in [9.17, 15) is 0 Å². The molecule has 0 spiro atoms. The van der Waals surface area contributed by atoms with Crippen LogP contribution in [0.25, 0.3) is 0 Å². The van der Waals surface area contributed by atoms with E-state index in [1.165, 1.54) is 37.9 Å². The van der Waals surface area contributed by atoms with Crippen LogP contribution in [0.4, 0.5) is 0 Å². The van der Waals surface area contributed by atoms with Crippen molar-refractivity contribution in [2.24, 2.45) is 0 Å². The average molecular weight is 247 g/mol. The highest BCUT2D eigenvalue weighted by molar-refractivity contribution is 5.29. The van der Waals surface area contributed by atoms with Gasteiger partial charge in [-0.1, -0.05) is 26.0 Å². The van der Waals surface area contributed by atoms with Crippen LogP contribution in [0, 0.1) is 0 Å². The van der Waals surface area contributed by atoms with E-state index in [4.69, 9.17) is 4.74 Å². The largest absolute Gasteiger partial charge is 0.492 e. The zero-order chi connectivity index (χ0) is 12.8. The van der Waals surface area contributed by atoms with Gasteiger partial charge in [0, 0.05) is 6.54 Å². The molecule has 0 radical (unpaired) electrons. The van der Waals surface area contributed by atoms with Crippen LogP contribution < -0.4 is 4.74 Å². The standard InChI is InChI=1S/C16H25NO/c1-3-14(2)15-6-8-16(9-7-15)18-13-12-17-10-4-5-11-17/h6-9,14H,3-5,10-13H2,1-2H3/t14-/m0/s1. The Morgan fingerprint density at radius 2 is 1.83 bits per heavy atom. The molecular weight excluding hydrogens is 222 g/mol. The van der Waals surface area contributed by atoms with Crippen molar-refractivity contribution in [3.63, 3.8) is 0 Å². The highest BCUT2D eigenvalue weighted by Crippen LogP contribution is 2.21. The Bertz CT molecular complexity index is 341. The smallest absolute Gasteiger partial charge is 0.119 e. The van der Waals surface area contributed by atoms with E-state index in [1.807, 2.05) is 0 Å². The Kier molecular flexibility index (Phi) is 5.06. The fourth-order valence-electron chi connectivity index (χ4n) is 2.43. The van der Waals surface area contributed by atoms with Gasteiger partial charge in [0.15, 0.2) is 0 Å². The third-order valence-electron chi connectivity index (χ3n) is 3.94. The number of hydrogen-bond acceptors (Lipinski definition) is 2. The second-order valence-corrected chi connectivity index (χ2v) is 5.28. The maximum Gasteiger partial charge on any atom is 0.119 e. The summed E-state index contributed by atoms with van der Waals surface area (Å²) >= 11 is 0. The molecule has 0 aliphatic carbocycles. The van der Waals surface area contributed by atoms with Gasteiger partial charge in [0.1, 0.15) is 12.4 Å². The van der Waals surface area contributed by atoms with Gasteiger partial charge in [-0.2, -0.15) is 0 Å². The van der Waals surface area contributed by atoms with Crippen molar-refractivity contribution in [2.75, 3.05) is 26.2 Å². The minimum Gasteiger partial charge on any atom is -0.492 e. The molecule has 1 aromatic carbocycles. The SMILES string of the molecule is CC[C@H](C)c1ccc(OCCN2CCCC2)cc1. The van der Waals surface area contributed by atoms with E-state index in [0.29, 0.717) is 5.92 Å². The van der Waals surface area contributed by atoms with Gasteiger partial charge in [-0.15, -0.1) is 0 Å². The molecule has 0 amide bonds. The summed E-state index contributed by atoms with van der Waals surface area (Å²) in [5, 5.41) is 0. The summed E-state index contributed by atoms with van der Waals surface area (Å²) in [6.07, 6.45) is 3.89. The summed E-state index contributed by atoms with van der Waals surface area (Å²) in [5.41, 5.74) is 1.41. The summed E-state index contributed by atoms with van der Waals surface area (Å²) in [7, 11) is 0. The second kappa shape index (κ2) is 6.79. The van der Waals surface area contributed by atoms with Crippen LogP contribution in [0.3, 0.4) is 0 Å². The van der Waals surface area contributed by atoms with Crippen molar-refractivity contribution in [1.82, 2.24) is 4.90 Å². The molecule has 1 saturated heterocycles. The Labute approximate surface area is 111 Å². The lowest BCUT2D eigenvalue weighted by atomic mass is 9.99. The molecule has 18 heavy (non-hydrogen) atoms. The van der Waals surface area contributed by atoms with Crippen molar-refractivity contribution in [1.29, 1.82) is 0 Å². The van der Waals surface area contributed by atoms with Crippen LogP contribution in [-0.2, 0) is 0 Å². The van der Waals surface area contributed by atoms with Crippen LogP contribution in [-0.4, -0.2) is 31.1 Å². The quantitative estimate of drug-likeness (QED) is 0.760. The summed E-state index contributed by atoms with van der Waals surface area (Å²) in [6, 6.07) is 8.59. The monoisotopic (exact) mass is 247 g/mol. The van der Waals surface area contributed by atoms with Crippen LogP contribution in [0.15, 0.2) is 24.3 Å². The maximum atomic E-state index is 5.79. The first kappa shape index (κ1) is 13.4. The van der Waals surface area contributed by atoms with Gasteiger partial charge < -0.3 is 4.74 Å². The van der Waals surface area contributed by atoms with Crippen molar-refractivity contribution < 1.29 is 4.74 Å². The molecule has 0 bridgehead atoms. The predicted octanol–water partition coefficient (Wildman–Crippen LogP) is 3.67. The number of ether oxygens (including phenoxy) is 1. The first-order valence-corrected chi connectivity index (χ1v) is 7.24. The zero-order valence-electron chi connectivity index (χ0n) is 11.7. The van der Waals surface area contributed by atoms with Gasteiger partial charge in [-0.25, -0.2) is 0 Å². The van der Waals surface area contributed by atoms with E-state index in [1.54, 1.807) is 0 Å². The summed E-state index contributed by atoms with van der Waals surface area (Å²) < 4.78 is 5.79. The number of nitrogens with zero attached hydrogens (tertiary/aromatic N) is 1. The molecule has 1 aliphatic heterocycles. The first-order valence-electron chi connectivity index (χ1n) is 7.24. The number of rotatable bonds is 6. The summed E-state index contributed by atoms with van der Waals surface area (Å²) in [5.74, 6) is 1.64. The van der Waals surface area contributed by atoms with E-state index < -0.39 is 0 Å². The minimum absolute atomic E-state index is 0.642. The predicted molar refractivity (Wildman–Crippen MR) is 76.3 cm³/mol. The molecule has 1 aliphatic rings. The fourth-order valence-corrected chi connectivity index (χ4v) is 2.43. The molecule has 2 nitrogen and oxygen atoms in total. The van der Waals surface area contributed by atoms with Gasteiger partial charge >= 0.3 is 0 Å². The van der Waals surface area contributed by atoms with Gasteiger partial charge in [-0.3, -0.25) is 4.90 Å². The van der Waals surface area contributed by atoms with Crippen LogP contribution >= 0.6 is 0 Å². The molecule has 0 N–H and O–H groups in total. The lowest BCUT2D eigenvalue weighted by Crippen LogP contribution is -2.25. The van der Waals surface area contributed by atoms with Gasteiger partial charge in [-0.05, 0) is 56.0 Å². The lowest BCUT2D eigenvalue weighted by molar-refractivity contribution is 0.237. The number of hydrogen-bond donors (Lipinski definition) is 0. The lowest BCUT2D eigenvalue weighted by Gasteiger charge is -2.15. The van der Waals surface area contributed by atoms with Crippen LogP contribution in [0.5, 0.6) is 5.75 Å². The molecule has 1 atom stereocenters. The Morgan fingerprint density at radius 1 is 1.17 bits per heavy atom. The van der Waals surface area contributed by atoms with Gasteiger partial charge in [0.2, 0.25) is 0 Å². The second-order valence-electron chi connectivity index (χ2n) is 5.28. The molecule has 0 unspecified atom stereocenters. The molecule has 100 valence electrons. The molecule has 1 heterocycles. The third-order valence-corrected chi connectivity index (χ3v) is 3.94. The fraction of sp³-hybridized carbons (Fsp3) is 0.625. The molecule has 1 fully saturated rings. The maximum absolute atomic E-state index is 5.79. The summed E-state index contributed by atoms with van der Waals surface area (Å²) in [6.45, 7) is 8.86. The van der Waals surface area contributed by atoms with Crippen molar-refractivity contribution in [3.8, 4) is 5.75 Å². The Hall–Kier alpha value is -1.02. The topological polar surface area (TPSA) is 12.5 Å². The van der Waals surface area contributed by atoms with Gasteiger partial charge in [0.25, 0.3) is 0 Å². The summed E-state index contributed by atoms with van der Waals surface area (Å²) in [4.78, 5) is 2.48. The highest BCUT2D eigenvalue weighted by atomic mass is 16.5. The first-order chi connectivity index (χ1) is 8.79. The molecular formula is C16H25NO. The van der Waals surface area contributed by atoms with E-state index in [2.05, 4.69) is 43.0 Å². The van der Waals surface area contributed by atoms with Crippen molar-refractivity contribution >= 4 is 0 Å². The van der Waals surface area contributed by atoms with E-state index in [-0.39, 0.29) is 0 Å². The zero-order valence-corrected chi connectivity index (χ0v) is 11.7. The van der Waals surface area contributed by atoms with E-state index >= 15 is 0 Å². The normalized spacial score (nSPS) is 17.9. The van der Waals surface area contributed by atoms with Crippen LogP contribution in [0.2, 0.25) is 0 Å². The molecule has 2 rings (SSSR count). The van der Waals surface area contributed by atoms with Crippen molar-refractivity contribution in [2.45, 2.75) is 39.0 Å². The molecule has 1 aromatic rings. The van der Waals surface area contributed by atoms with Crippen molar-refractivity contribution in [3.05, 3.63) is 29.8 Å². The molecule has 2 heteroatoms. The van der Waals surface area contributed by atoms with E-state index in [0.717, 1.165) is 18.9 Å². The average Bonchev–Trinajstić information content (AvgIpc) is 2.92. The molecule has 0 aromatic heterocycles. The third kappa shape index (κ3) is 3.74. The minimum atomic E-state index is 0.642. The Balaban J connectivity index is 1.75. The number of benzene rings is 1. The van der Waals surface area contributed by atoms with Crippen LogP contribution in [0.1, 0.15) is 44.6 Å². The highest BCUT2D eigenvalue weighted by Gasteiger charge is 2.10. The number of likely N-dealkylation sites (tertiary alicyclic amines) is 1.